The lowest BCUT2D eigenvalue weighted by atomic mass is 9.48. The van der Waals surface area contributed by atoms with Gasteiger partial charge in [-0.25, -0.2) is 4.98 Å². The average Bonchev–Trinajstić information content (AvgIpc) is 3.13. The van der Waals surface area contributed by atoms with Crippen LogP contribution in [-0.4, -0.2) is 55.7 Å². The highest BCUT2D eigenvalue weighted by atomic mass is 35.5. The van der Waals surface area contributed by atoms with Gasteiger partial charge >= 0.3 is 6.61 Å². The second-order valence-corrected chi connectivity index (χ2v) is 9.12. The molecule has 0 saturated heterocycles. The molecule has 2 atom stereocenters. The number of benzene rings is 2. The number of nitrogens with zero attached hydrogens (tertiary/aromatic N) is 3. The molecule has 11 heteroatoms. The molecule has 3 heterocycles. The molecule has 150 valence electrons. The topological polar surface area (TPSA) is 47.4 Å². The van der Waals surface area contributed by atoms with Crippen LogP contribution in [0.1, 0.15) is 40.3 Å². The summed E-state index contributed by atoms with van der Waals surface area (Å²) in [5.74, 6) is 0.547. The summed E-state index contributed by atoms with van der Waals surface area (Å²) < 4.78 is 33.2. The summed E-state index contributed by atoms with van der Waals surface area (Å²) in [6.07, 6.45) is 0.532. The summed E-state index contributed by atoms with van der Waals surface area (Å²) in [6.45, 7) is -2.99. The summed E-state index contributed by atoms with van der Waals surface area (Å²) in [4.78, 5) is 20.2. The molecule has 0 saturated carbocycles. The molecule has 1 aromatic heterocycles. The Morgan fingerprint density at radius 2 is 1.97 bits per heavy atom. The molecule has 0 radical (unpaired) electrons. The fourth-order valence-corrected chi connectivity index (χ4v) is 5.02. The minimum atomic E-state index is -2.99. The van der Waals surface area contributed by atoms with Gasteiger partial charge in [0.2, 0.25) is 0 Å². The van der Waals surface area contributed by atoms with E-state index in [0.717, 1.165) is 16.9 Å². The van der Waals surface area contributed by atoms with Crippen molar-refractivity contribution in [3.63, 3.8) is 0 Å². The summed E-state index contributed by atoms with van der Waals surface area (Å²) in [7, 11) is 5.89. The van der Waals surface area contributed by atoms with Crippen LogP contribution >= 0.6 is 11.6 Å². The van der Waals surface area contributed by atoms with Crippen LogP contribution < -0.4 is 4.74 Å². The van der Waals surface area contributed by atoms with E-state index in [2.05, 4.69) is 0 Å². The Hall–Kier alpha value is -2.48. The third kappa shape index (κ3) is 2.76. The zero-order valence-corrected chi connectivity index (χ0v) is 17.5. The summed E-state index contributed by atoms with van der Waals surface area (Å²) in [5, 5.41) is 0.0591. The third-order valence-corrected chi connectivity index (χ3v) is 6.07. The van der Waals surface area contributed by atoms with Gasteiger partial charge in [0.05, 0.1) is 23.1 Å². The maximum Gasteiger partial charge on any atom is 0.387 e. The zero-order valence-electron chi connectivity index (χ0n) is 16.7. The van der Waals surface area contributed by atoms with Crippen molar-refractivity contribution in [1.29, 1.82) is 0 Å². The normalized spacial score (nSPS) is 20.4. The molecule has 2 aliphatic heterocycles. The number of hydrogen-bond donors (Lipinski definition) is 0. The van der Waals surface area contributed by atoms with Crippen LogP contribution in [0.5, 0.6) is 5.75 Å². The number of hydrogen-bond acceptors (Lipinski definition) is 3. The monoisotopic (exact) mass is 425 g/mol. The molecule has 2 bridgehead atoms. The number of halogens is 3. The smallest absolute Gasteiger partial charge is 0.387 e. The summed E-state index contributed by atoms with van der Waals surface area (Å²) >= 11 is 6.25. The van der Waals surface area contributed by atoms with Gasteiger partial charge in [-0.3, -0.25) is 4.79 Å². The van der Waals surface area contributed by atoms with Crippen molar-refractivity contribution in [2.45, 2.75) is 30.4 Å². The van der Waals surface area contributed by atoms with E-state index in [-0.39, 0.29) is 23.7 Å². The van der Waals surface area contributed by atoms with E-state index in [4.69, 9.17) is 21.3 Å². The zero-order chi connectivity index (χ0) is 21.4. The van der Waals surface area contributed by atoms with Crippen LogP contribution in [-0.2, 0) is 0 Å². The average molecular weight is 425 g/mol. The largest absolute Gasteiger partial charge is 0.434 e. The lowest BCUT2D eigenvalue weighted by Gasteiger charge is -2.40. The first kappa shape index (κ1) is 19.5. The minimum absolute atomic E-state index is 0.0205. The van der Waals surface area contributed by atoms with Crippen molar-refractivity contribution in [2.24, 2.45) is 0 Å². The molecule has 5 rings (SSSR count). The number of amides is 1. The molecule has 2 aromatic carbocycles. The van der Waals surface area contributed by atoms with Crippen molar-refractivity contribution < 1.29 is 18.3 Å². The van der Waals surface area contributed by atoms with E-state index in [0.29, 0.717) is 22.6 Å². The van der Waals surface area contributed by atoms with Gasteiger partial charge in [0.1, 0.15) is 35.1 Å². The number of rotatable bonds is 3. The van der Waals surface area contributed by atoms with Gasteiger partial charge in [-0.1, -0.05) is 17.7 Å². The highest BCUT2D eigenvalue weighted by Crippen LogP contribution is 2.51. The molecular weight excluding hydrogens is 408 g/mol. The van der Waals surface area contributed by atoms with Crippen LogP contribution in [0.15, 0.2) is 36.4 Å². The minimum Gasteiger partial charge on any atom is -0.434 e. The van der Waals surface area contributed by atoms with Gasteiger partial charge in [0, 0.05) is 22.6 Å². The first-order chi connectivity index (χ1) is 14.2. The van der Waals surface area contributed by atoms with Crippen molar-refractivity contribution in [3.05, 3.63) is 58.4 Å². The Kier molecular flexibility index (Phi) is 4.23. The Bertz CT molecular complexity index is 1200. The maximum absolute atomic E-state index is 13.6. The van der Waals surface area contributed by atoms with Crippen LogP contribution in [0.4, 0.5) is 8.78 Å². The number of alkyl halides is 2. The maximum atomic E-state index is 13.6. The fourth-order valence-electron chi connectivity index (χ4n) is 4.85. The Morgan fingerprint density at radius 1 is 1.20 bits per heavy atom. The SMILES string of the molecule is BC(B)(B)N1C(=O)c2cccc(OC(F)F)c2[C@@H]2C[C@H]1c1nc3ccc(Cl)cc3n12. The van der Waals surface area contributed by atoms with Crippen LogP contribution in [0.2, 0.25) is 5.02 Å². The molecule has 0 fully saturated rings. The number of carbonyl (C=O) groups is 1. The third-order valence-electron chi connectivity index (χ3n) is 5.83. The van der Waals surface area contributed by atoms with E-state index in [1.165, 1.54) is 6.07 Å². The molecule has 1 amide bonds. The Balaban J connectivity index is 1.85. The molecular formula is C19H17B3ClF2N3O2. The molecule has 0 N–H and O–H groups in total. The van der Waals surface area contributed by atoms with Gasteiger partial charge in [-0.15, -0.1) is 0 Å². The predicted octanol–water partition coefficient (Wildman–Crippen LogP) is 1.29. The number of carbonyl (C=O) groups excluding carboxylic acids is 1. The van der Waals surface area contributed by atoms with Gasteiger partial charge in [-0.2, -0.15) is 8.78 Å². The Morgan fingerprint density at radius 3 is 2.67 bits per heavy atom. The molecule has 2 aliphatic rings. The van der Waals surface area contributed by atoms with E-state index >= 15 is 0 Å². The van der Waals surface area contributed by atoms with Crippen molar-refractivity contribution in [2.75, 3.05) is 0 Å². The summed E-state index contributed by atoms with van der Waals surface area (Å²) in [5.41, 5.74) is 2.41. The van der Waals surface area contributed by atoms with E-state index < -0.39 is 11.8 Å². The van der Waals surface area contributed by atoms with Gasteiger partial charge < -0.3 is 14.2 Å². The van der Waals surface area contributed by atoms with E-state index in [1.54, 1.807) is 18.2 Å². The number of imidazole rings is 1. The van der Waals surface area contributed by atoms with Crippen molar-refractivity contribution in [3.8, 4) is 5.75 Å². The van der Waals surface area contributed by atoms with Crippen molar-refractivity contribution in [1.82, 2.24) is 14.5 Å². The van der Waals surface area contributed by atoms with Gasteiger partial charge in [-0.05, 0) is 35.6 Å². The quantitative estimate of drug-likeness (QED) is 0.595. The van der Waals surface area contributed by atoms with E-state index in [9.17, 15) is 13.6 Å². The predicted molar refractivity (Wildman–Crippen MR) is 118 cm³/mol. The molecule has 0 aliphatic carbocycles. The van der Waals surface area contributed by atoms with Crippen molar-refractivity contribution >= 4 is 52.1 Å². The highest BCUT2D eigenvalue weighted by Gasteiger charge is 2.48. The number of ether oxygens (including phenoxy) is 1. The van der Waals surface area contributed by atoms with Gasteiger partial charge in [0.25, 0.3) is 5.91 Å². The molecule has 5 nitrogen and oxygen atoms in total. The van der Waals surface area contributed by atoms with Crippen LogP contribution in [0.3, 0.4) is 0 Å². The number of aromatic nitrogens is 2. The van der Waals surface area contributed by atoms with Gasteiger partial charge in [0.15, 0.2) is 0 Å². The van der Waals surface area contributed by atoms with Crippen LogP contribution in [0, 0.1) is 0 Å². The number of fused-ring (bicyclic) bond motifs is 9. The first-order valence-corrected chi connectivity index (χ1v) is 10.1. The molecule has 3 aromatic rings. The van der Waals surface area contributed by atoms with Crippen LogP contribution in [0.25, 0.3) is 11.0 Å². The molecule has 30 heavy (non-hydrogen) atoms. The lowest BCUT2D eigenvalue weighted by molar-refractivity contribution is -0.0507. The second kappa shape index (κ2) is 6.51. The first-order valence-electron chi connectivity index (χ1n) is 9.75. The fraction of sp³-hybridized carbons (Fsp3) is 0.263. The Labute approximate surface area is 179 Å². The highest BCUT2D eigenvalue weighted by molar-refractivity contribution is 6.60. The second-order valence-electron chi connectivity index (χ2n) is 8.68. The van der Waals surface area contributed by atoms with E-state index in [1.807, 2.05) is 45.1 Å². The molecule has 0 unspecified atom stereocenters. The standard InChI is InChI=1S/C19H17B3ClF2N3O2/c20-19(21,22)28-13-7-12(27-11-6-8(23)4-5-10(11)26-16(13)27)15-9(17(28)29)2-1-3-14(15)30-18(24)25/h1-6,12-13,18H,7,20-22H2/t12-,13-/m0/s1. The lowest BCUT2D eigenvalue weighted by Crippen LogP contribution is -2.54. The molecule has 0 spiro atoms. The summed E-state index contributed by atoms with van der Waals surface area (Å²) in [6, 6.07) is 9.52.